The molecule has 29 heavy (non-hydrogen) atoms. The second kappa shape index (κ2) is 7.32. The minimum atomic E-state index is -0.00993. The zero-order valence-corrected chi connectivity index (χ0v) is 18.8. The molecule has 1 aliphatic heterocycles. The van der Waals surface area contributed by atoms with Gasteiger partial charge in [0.2, 0.25) is 0 Å². The lowest BCUT2D eigenvalue weighted by molar-refractivity contribution is 0.311. The van der Waals surface area contributed by atoms with Crippen molar-refractivity contribution in [3.05, 3.63) is 65.9 Å². The third kappa shape index (κ3) is 3.63. The van der Waals surface area contributed by atoms with E-state index >= 15 is 0 Å². The van der Waals surface area contributed by atoms with Gasteiger partial charge in [0.05, 0.1) is 0 Å². The largest absolute Gasteiger partial charge is 0.344 e. The Bertz CT molecular complexity index is 996. The fourth-order valence-electron chi connectivity index (χ4n) is 5.16. The second-order valence-electron chi connectivity index (χ2n) is 9.24. The zero-order valence-electron chi connectivity index (χ0n) is 18.0. The van der Waals surface area contributed by atoms with Crippen LogP contribution >= 0.6 is 11.3 Å². The van der Waals surface area contributed by atoms with Gasteiger partial charge in [-0.15, -0.1) is 11.3 Å². The molecule has 148 valence electrons. The molecule has 4 heteroatoms. The quantitative estimate of drug-likeness (QED) is 0.491. The topological polar surface area (TPSA) is 16.1 Å². The van der Waals surface area contributed by atoms with Crippen molar-refractivity contribution in [2.45, 2.75) is 40.5 Å². The van der Waals surface area contributed by atoms with Gasteiger partial charge in [-0.2, -0.15) is 0 Å². The van der Waals surface area contributed by atoms with Gasteiger partial charge < -0.3 is 4.90 Å². The highest BCUT2D eigenvalue weighted by atomic mass is 32.1. The summed E-state index contributed by atoms with van der Waals surface area (Å²) in [6.45, 7) is 15.2. The Morgan fingerprint density at radius 1 is 1.17 bits per heavy atom. The van der Waals surface area contributed by atoms with Gasteiger partial charge in [0.15, 0.2) is 5.13 Å². The molecule has 1 aromatic heterocycles. The molecular formula is C25H29BN2S. The molecule has 1 aromatic carbocycles. The predicted octanol–water partition coefficient (Wildman–Crippen LogP) is 5.63. The summed E-state index contributed by atoms with van der Waals surface area (Å²) >= 11 is 1.58. The van der Waals surface area contributed by atoms with Gasteiger partial charge in [0.1, 0.15) is 7.85 Å². The number of nitrogens with zero attached hydrogens (tertiary/aromatic N) is 2. The summed E-state index contributed by atoms with van der Waals surface area (Å²) in [5.74, 6) is 0. The maximum atomic E-state index is 5.93. The lowest BCUT2D eigenvalue weighted by Crippen LogP contribution is -2.44. The molecule has 0 spiro atoms. The Morgan fingerprint density at radius 3 is 2.52 bits per heavy atom. The highest BCUT2D eigenvalue weighted by molar-refractivity contribution is 7.23. The molecule has 2 heterocycles. The van der Waals surface area contributed by atoms with E-state index in [0.717, 1.165) is 41.4 Å². The number of hydrogen-bond acceptors (Lipinski definition) is 3. The van der Waals surface area contributed by atoms with Crippen LogP contribution in [0.5, 0.6) is 0 Å². The van der Waals surface area contributed by atoms with Gasteiger partial charge in [0.25, 0.3) is 0 Å². The lowest BCUT2D eigenvalue weighted by Gasteiger charge is -2.46. The molecule has 0 unspecified atom stereocenters. The maximum Gasteiger partial charge on any atom is 0.184 e. The Hall–Kier alpha value is -2.07. The van der Waals surface area contributed by atoms with Gasteiger partial charge in [-0.3, -0.25) is 0 Å². The van der Waals surface area contributed by atoms with E-state index in [2.05, 4.69) is 80.6 Å². The SMILES string of the molecule is [B]c1cnc(N2CC=C3C(C)(C)C(c4ccc(C(=C)C)cc4)=CCC[C@]3(C)C2)s1. The first-order valence-corrected chi connectivity index (χ1v) is 11.2. The minimum Gasteiger partial charge on any atom is -0.344 e. The number of thiazole rings is 1. The van der Waals surface area contributed by atoms with Gasteiger partial charge in [-0.1, -0.05) is 74.9 Å². The number of allylic oxidation sites excluding steroid dienone is 3. The molecule has 0 saturated heterocycles. The van der Waals surface area contributed by atoms with Crippen molar-refractivity contribution in [2.24, 2.45) is 10.8 Å². The van der Waals surface area contributed by atoms with Crippen molar-refractivity contribution in [1.29, 1.82) is 0 Å². The van der Waals surface area contributed by atoms with E-state index in [-0.39, 0.29) is 10.8 Å². The zero-order chi connectivity index (χ0) is 20.8. The Labute approximate surface area is 180 Å². The van der Waals surface area contributed by atoms with Crippen LogP contribution in [0, 0.1) is 10.8 Å². The summed E-state index contributed by atoms with van der Waals surface area (Å²) in [5.41, 5.74) is 6.74. The summed E-state index contributed by atoms with van der Waals surface area (Å²) in [7, 11) is 5.93. The van der Waals surface area contributed by atoms with Crippen LogP contribution < -0.4 is 9.68 Å². The second-order valence-corrected chi connectivity index (χ2v) is 10.3. The highest BCUT2D eigenvalue weighted by Crippen LogP contribution is 2.54. The molecule has 0 saturated carbocycles. The van der Waals surface area contributed by atoms with Gasteiger partial charge in [-0.05, 0) is 41.2 Å². The van der Waals surface area contributed by atoms with E-state index in [1.54, 1.807) is 23.1 Å². The fraction of sp³-hybridized carbons (Fsp3) is 0.400. The summed E-state index contributed by atoms with van der Waals surface area (Å²) < 4.78 is 0.781. The van der Waals surface area contributed by atoms with Crippen molar-refractivity contribution in [2.75, 3.05) is 18.0 Å². The summed E-state index contributed by atoms with van der Waals surface area (Å²) in [5, 5.41) is 1.03. The van der Waals surface area contributed by atoms with Crippen LogP contribution in [0.3, 0.4) is 0 Å². The van der Waals surface area contributed by atoms with Gasteiger partial charge in [-0.25, -0.2) is 4.98 Å². The van der Waals surface area contributed by atoms with Crippen LogP contribution in [0.25, 0.3) is 11.1 Å². The first-order valence-electron chi connectivity index (χ1n) is 10.3. The van der Waals surface area contributed by atoms with E-state index in [1.165, 1.54) is 16.7 Å². The highest BCUT2D eigenvalue weighted by Gasteiger charge is 2.44. The molecule has 0 N–H and O–H groups in total. The molecular weight excluding hydrogens is 371 g/mol. The number of fused-ring (bicyclic) bond motifs is 1. The van der Waals surface area contributed by atoms with Crippen molar-refractivity contribution < 1.29 is 0 Å². The third-order valence-corrected chi connectivity index (χ3v) is 7.46. The smallest absolute Gasteiger partial charge is 0.184 e. The molecule has 0 amide bonds. The molecule has 0 fully saturated rings. The van der Waals surface area contributed by atoms with E-state index in [9.17, 15) is 0 Å². The first kappa shape index (κ1) is 20.2. The molecule has 4 rings (SSSR count). The van der Waals surface area contributed by atoms with E-state index in [4.69, 9.17) is 7.85 Å². The number of rotatable bonds is 3. The van der Waals surface area contributed by atoms with E-state index in [0.29, 0.717) is 0 Å². The van der Waals surface area contributed by atoms with Crippen molar-refractivity contribution in [3.63, 3.8) is 0 Å². The molecule has 1 atom stereocenters. The Balaban J connectivity index is 1.69. The molecule has 1 aliphatic carbocycles. The normalized spacial score (nSPS) is 23.7. The number of anilines is 1. The minimum absolute atomic E-state index is 0.00993. The number of hydrogen-bond donors (Lipinski definition) is 0. The third-order valence-electron chi connectivity index (χ3n) is 6.57. The summed E-state index contributed by atoms with van der Waals surface area (Å²) in [6.07, 6.45) is 8.91. The standard InChI is InChI=1S/C25H29BN2S/c1-17(2)18-8-10-19(11-9-18)20-7-6-13-25(5)16-28(23-27-15-22(26)29-23)14-12-21(25)24(20,3)4/h7-12,15H,1,6,13-14,16H2,2-5H3/t25-/m1/s1. The molecule has 2 radical (unpaired) electrons. The van der Waals surface area contributed by atoms with Crippen molar-refractivity contribution in [1.82, 2.24) is 4.98 Å². The molecule has 2 nitrogen and oxygen atoms in total. The van der Waals surface area contributed by atoms with E-state index in [1.807, 2.05) is 0 Å². The Kier molecular flexibility index (Phi) is 5.10. The van der Waals surface area contributed by atoms with Crippen molar-refractivity contribution >= 4 is 40.2 Å². The average molecular weight is 400 g/mol. The molecule has 2 aliphatic rings. The van der Waals surface area contributed by atoms with Gasteiger partial charge >= 0.3 is 0 Å². The fourth-order valence-corrected chi connectivity index (χ4v) is 5.85. The molecule has 0 bridgehead atoms. The lowest BCUT2D eigenvalue weighted by atomic mass is 9.63. The van der Waals surface area contributed by atoms with Crippen LogP contribution in [0.1, 0.15) is 51.7 Å². The predicted molar refractivity (Wildman–Crippen MR) is 128 cm³/mol. The maximum absolute atomic E-state index is 5.93. The van der Waals surface area contributed by atoms with E-state index < -0.39 is 0 Å². The summed E-state index contributed by atoms with van der Waals surface area (Å²) in [6, 6.07) is 8.91. The van der Waals surface area contributed by atoms with Crippen LogP contribution in [0.2, 0.25) is 0 Å². The van der Waals surface area contributed by atoms with Crippen LogP contribution in [0.15, 0.2) is 54.8 Å². The monoisotopic (exact) mass is 400 g/mol. The van der Waals surface area contributed by atoms with Crippen molar-refractivity contribution in [3.8, 4) is 0 Å². The average Bonchev–Trinajstić information content (AvgIpc) is 3.07. The number of aromatic nitrogens is 1. The first-order chi connectivity index (χ1) is 13.7. The Morgan fingerprint density at radius 2 is 1.90 bits per heavy atom. The molecule has 2 aromatic rings. The summed E-state index contributed by atoms with van der Waals surface area (Å²) in [4.78, 5) is 6.91. The van der Waals surface area contributed by atoms with Crippen LogP contribution in [-0.2, 0) is 0 Å². The van der Waals surface area contributed by atoms with Gasteiger partial charge in [0, 0.05) is 30.1 Å². The van der Waals surface area contributed by atoms with Crippen LogP contribution in [0.4, 0.5) is 5.13 Å². The number of benzene rings is 1. The van der Waals surface area contributed by atoms with Crippen LogP contribution in [-0.4, -0.2) is 25.9 Å².